The van der Waals surface area contributed by atoms with Gasteiger partial charge in [0.15, 0.2) is 0 Å². The molecule has 0 aliphatic heterocycles. The van der Waals surface area contributed by atoms with Crippen molar-refractivity contribution in [2.24, 2.45) is 5.92 Å². The summed E-state index contributed by atoms with van der Waals surface area (Å²) in [7, 11) is 0. The van der Waals surface area contributed by atoms with Crippen LogP contribution in [0.3, 0.4) is 0 Å². The standard InChI is InChI=1S/C19H22N4O7/c1-10(2)16(19(27)28)22-17-14(23(29)30)7-8-15(21-17)20-13(18(25)26)9-11-3-5-12(24)6-4-11/h3-8,10,13,16,24H,9H2,1-2H3,(H,25,26)(H,27,28)(H2,20,21,22)/p-1/t13-,16-/m1/s1. The number of hydrogen-bond acceptors (Lipinski definition) is 9. The summed E-state index contributed by atoms with van der Waals surface area (Å²) in [5, 5.41) is 48.7. The number of aromatic amines is 1. The van der Waals surface area contributed by atoms with Crippen molar-refractivity contribution in [3.05, 3.63) is 52.1 Å². The molecule has 0 radical (unpaired) electrons. The largest absolute Gasteiger partial charge is 0.546 e. The summed E-state index contributed by atoms with van der Waals surface area (Å²) in [6, 6.07) is 5.87. The molecule has 0 amide bonds. The van der Waals surface area contributed by atoms with Crippen molar-refractivity contribution < 1.29 is 34.8 Å². The molecule has 11 heteroatoms. The number of carboxylic acids is 2. The number of carbonyl (C=O) groups is 2. The smallest absolute Gasteiger partial charge is 0.340 e. The van der Waals surface area contributed by atoms with E-state index in [1.807, 2.05) is 0 Å². The molecule has 0 fully saturated rings. The minimum atomic E-state index is -1.44. The fourth-order valence-corrected chi connectivity index (χ4v) is 2.73. The molecule has 11 nitrogen and oxygen atoms in total. The number of anilines is 2. The summed E-state index contributed by atoms with van der Waals surface area (Å²) in [4.78, 5) is 36.1. The molecule has 4 N–H and O–H groups in total. The highest BCUT2D eigenvalue weighted by atomic mass is 16.6. The van der Waals surface area contributed by atoms with E-state index >= 15 is 0 Å². The summed E-state index contributed by atoms with van der Waals surface area (Å²) >= 11 is 0. The van der Waals surface area contributed by atoms with Crippen LogP contribution in [0.25, 0.3) is 0 Å². The number of H-pyrrole nitrogens is 1. The maximum Gasteiger partial charge on any atom is 0.340 e. The van der Waals surface area contributed by atoms with Gasteiger partial charge in [-0.05, 0) is 23.6 Å². The van der Waals surface area contributed by atoms with E-state index in [1.54, 1.807) is 26.0 Å². The SMILES string of the molecule is CC(C)[C@@H](Nc1[nH+]c(N[C@H](Cc2ccc(O)cc2)C(=O)[O-])ccc1[N+](=O)[O-])C(=O)[O-]. The van der Waals surface area contributed by atoms with Crippen LogP contribution in [-0.4, -0.2) is 34.1 Å². The van der Waals surface area contributed by atoms with E-state index in [0.29, 0.717) is 5.56 Å². The zero-order chi connectivity index (χ0) is 22.4. The number of phenolic OH excluding ortho intramolecular Hbond substituents is 1. The molecule has 0 spiro atoms. The zero-order valence-corrected chi connectivity index (χ0v) is 16.2. The molecule has 1 aromatic carbocycles. The number of phenols is 1. The van der Waals surface area contributed by atoms with Gasteiger partial charge < -0.3 is 24.9 Å². The maximum atomic E-state index is 11.5. The molecule has 2 rings (SSSR count). The normalized spacial score (nSPS) is 12.8. The summed E-state index contributed by atoms with van der Waals surface area (Å²) in [6.07, 6.45) is 0.00384. The Hall–Kier alpha value is -3.89. The van der Waals surface area contributed by atoms with Gasteiger partial charge in [-0.1, -0.05) is 26.0 Å². The Morgan fingerprint density at radius 3 is 2.20 bits per heavy atom. The third-order valence-electron chi connectivity index (χ3n) is 4.33. The molecule has 1 heterocycles. The molecule has 160 valence electrons. The van der Waals surface area contributed by atoms with Crippen molar-refractivity contribution in [1.82, 2.24) is 0 Å². The third kappa shape index (κ3) is 5.80. The lowest BCUT2D eigenvalue weighted by Crippen LogP contribution is -2.46. The highest BCUT2D eigenvalue weighted by Gasteiger charge is 2.27. The van der Waals surface area contributed by atoms with Gasteiger partial charge in [0.25, 0.3) is 5.82 Å². The predicted octanol–water partition coefficient (Wildman–Crippen LogP) is -0.926. The lowest BCUT2D eigenvalue weighted by Gasteiger charge is -2.21. The highest BCUT2D eigenvalue weighted by Crippen LogP contribution is 2.23. The fourth-order valence-electron chi connectivity index (χ4n) is 2.73. The van der Waals surface area contributed by atoms with E-state index in [9.17, 15) is 35.0 Å². The summed E-state index contributed by atoms with van der Waals surface area (Å²) in [6.45, 7) is 3.20. The molecule has 0 bridgehead atoms. The lowest BCUT2D eigenvalue weighted by atomic mass is 10.0. The van der Waals surface area contributed by atoms with Gasteiger partial charge in [0.2, 0.25) is 5.82 Å². The highest BCUT2D eigenvalue weighted by molar-refractivity contribution is 5.77. The molecule has 0 aliphatic carbocycles. The van der Waals surface area contributed by atoms with Crippen LogP contribution in [0.1, 0.15) is 19.4 Å². The average molecular weight is 417 g/mol. The van der Waals surface area contributed by atoms with Crippen molar-refractivity contribution in [2.45, 2.75) is 32.4 Å². The number of carboxylic acid groups (broad SMARTS) is 2. The monoisotopic (exact) mass is 417 g/mol. The number of aliphatic carboxylic acids is 2. The molecular formula is C19H21N4O7-. The molecule has 2 aromatic rings. The molecule has 0 saturated carbocycles. The maximum absolute atomic E-state index is 11.5. The van der Waals surface area contributed by atoms with Crippen LogP contribution >= 0.6 is 0 Å². The van der Waals surface area contributed by atoms with Crippen LogP contribution in [0.5, 0.6) is 5.75 Å². The van der Waals surface area contributed by atoms with Crippen molar-refractivity contribution >= 4 is 29.3 Å². The second kappa shape index (κ2) is 9.54. The van der Waals surface area contributed by atoms with Crippen LogP contribution < -0.4 is 25.8 Å². The number of nitrogens with one attached hydrogen (secondary N) is 3. The lowest BCUT2D eigenvalue weighted by molar-refractivity contribution is -0.405. The number of aromatic hydroxyl groups is 1. The van der Waals surface area contributed by atoms with E-state index in [1.165, 1.54) is 18.2 Å². The first kappa shape index (κ1) is 22.4. The Morgan fingerprint density at radius 1 is 1.07 bits per heavy atom. The van der Waals surface area contributed by atoms with Crippen molar-refractivity contribution in [2.75, 3.05) is 10.6 Å². The van der Waals surface area contributed by atoms with Gasteiger partial charge in [-0.2, -0.15) is 0 Å². The molecule has 1 aromatic heterocycles. The average Bonchev–Trinajstić information content (AvgIpc) is 2.66. The number of carbonyl (C=O) groups excluding carboxylic acids is 2. The van der Waals surface area contributed by atoms with Crippen molar-refractivity contribution in [1.29, 1.82) is 0 Å². The Bertz CT molecular complexity index is 931. The quantitative estimate of drug-likeness (QED) is 0.325. The van der Waals surface area contributed by atoms with Crippen LogP contribution in [0.15, 0.2) is 36.4 Å². The minimum Gasteiger partial charge on any atom is -0.546 e. The number of nitro groups is 1. The second-order valence-electron chi connectivity index (χ2n) is 6.96. The van der Waals surface area contributed by atoms with Crippen molar-refractivity contribution in [3.8, 4) is 5.75 Å². The first-order valence-electron chi connectivity index (χ1n) is 9.02. The van der Waals surface area contributed by atoms with E-state index in [2.05, 4.69) is 15.6 Å². The molecule has 30 heavy (non-hydrogen) atoms. The Kier molecular flexibility index (Phi) is 7.13. The third-order valence-corrected chi connectivity index (χ3v) is 4.33. The number of pyridine rings is 1. The van der Waals surface area contributed by atoms with Gasteiger partial charge in [0, 0.05) is 18.6 Å². The zero-order valence-electron chi connectivity index (χ0n) is 16.2. The number of benzene rings is 1. The van der Waals surface area contributed by atoms with Gasteiger partial charge >= 0.3 is 5.69 Å². The Balaban J connectivity index is 2.30. The van der Waals surface area contributed by atoms with Crippen molar-refractivity contribution in [3.63, 3.8) is 0 Å². The van der Waals surface area contributed by atoms with Crippen LogP contribution in [0.2, 0.25) is 0 Å². The number of hydrogen-bond donors (Lipinski definition) is 3. The molecule has 0 saturated heterocycles. The second-order valence-corrected chi connectivity index (χ2v) is 6.96. The van der Waals surface area contributed by atoms with Gasteiger partial charge in [-0.3, -0.25) is 20.7 Å². The van der Waals surface area contributed by atoms with Crippen LogP contribution in [0.4, 0.5) is 17.3 Å². The van der Waals surface area contributed by atoms with Gasteiger partial charge in [0.1, 0.15) is 17.8 Å². The van der Waals surface area contributed by atoms with E-state index in [4.69, 9.17) is 0 Å². The Labute approximate surface area is 171 Å². The number of aromatic nitrogens is 1. The van der Waals surface area contributed by atoms with E-state index < -0.39 is 40.6 Å². The first-order valence-corrected chi connectivity index (χ1v) is 9.02. The predicted molar refractivity (Wildman–Crippen MR) is 101 cm³/mol. The summed E-state index contributed by atoms with van der Waals surface area (Å²) in [5.74, 6) is -3.38. The van der Waals surface area contributed by atoms with Crippen LogP contribution in [0, 0.1) is 16.0 Å². The minimum absolute atomic E-state index is 0.00384. The number of rotatable bonds is 10. The fraction of sp³-hybridized carbons (Fsp3) is 0.316. The molecular weight excluding hydrogens is 396 g/mol. The molecule has 0 unspecified atom stereocenters. The van der Waals surface area contributed by atoms with Crippen LogP contribution in [-0.2, 0) is 16.0 Å². The van der Waals surface area contributed by atoms with Gasteiger partial charge in [0.05, 0.1) is 16.9 Å². The van der Waals surface area contributed by atoms with Gasteiger partial charge in [-0.25, -0.2) is 4.98 Å². The molecule has 2 atom stereocenters. The van der Waals surface area contributed by atoms with E-state index in [0.717, 1.165) is 6.07 Å². The summed E-state index contributed by atoms with van der Waals surface area (Å²) in [5.41, 5.74) is 0.183. The Morgan fingerprint density at radius 2 is 1.70 bits per heavy atom. The first-order chi connectivity index (χ1) is 14.1. The topological polar surface area (TPSA) is 182 Å². The number of nitrogens with zero attached hydrogens (tertiary/aromatic N) is 1. The molecule has 0 aliphatic rings. The summed E-state index contributed by atoms with van der Waals surface area (Å²) < 4.78 is 0. The van der Waals surface area contributed by atoms with Gasteiger partial charge in [-0.15, -0.1) is 0 Å². The van der Waals surface area contributed by atoms with E-state index in [-0.39, 0.29) is 23.8 Å².